The lowest BCUT2D eigenvalue weighted by Gasteiger charge is -2.45. The summed E-state index contributed by atoms with van der Waals surface area (Å²) in [7, 11) is -1.09. The molecular formula is C12H28Si. The Labute approximate surface area is 86.1 Å². The van der Waals surface area contributed by atoms with Crippen molar-refractivity contribution < 1.29 is 0 Å². The van der Waals surface area contributed by atoms with Gasteiger partial charge in [0.05, 0.1) is 8.07 Å². The molecule has 0 bridgehead atoms. The number of hydrogen-bond acceptors (Lipinski definition) is 0. The van der Waals surface area contributed by atoms with Crippen molar-refractivity contribution in [2.45, 2.75) is 71.6 Å². The van der Waals surface area contributed by atoms with Gasteiger partial charge in [0, 0.05) is 0 Å². The molecule has 0 fully saturated rings. The normalized spacial score (nSPS) is 18.0. The summed E-state index contributed by atoms with van der Waals surface area (Å²) in [5, 5.41) is 0.547. The Morgan fingerprint density at radius 1 is 1.00 bits per heavy atom. The highest BCUT2D eigenvalue weighted by Gasteiger charge is 2.42. The van der Waals surface area contributed by atoms with Gasteiger partial charge in [0.15, 0.2) is 0 Å². The molecule has 0 aliphatic heterocycles. The third kappa shape index (κ3) is 3.12. The van der Waals surface area contributed by atoms with E-state index in [1.165, 1.54) is 6.04 Å². The van der Waals surface area contributed by atoms with Crippen molar-refractivity contribution >= 4 is 8.07 Å². The lowest BCUT2D eigenvalue weighted by molar-refractivity contribution is 0.633. The van der Waals surface area contributed by atoms with Gasteiger partial charge in [0.1, 0.15) is 0 Å². The average Bonchev–Trinajstić information content (AvgIpc) is 1.82. The van der Waals surface area contributed by atoms with Gasteiger partial charge < -0.3 is 0 Å². The van der Waals surface area contributed by atoms with Gasteiger partial charge in [-0.25, -0.2) is 0 Å². The number of rotatable bonds is 3. The van der Waals surface area contributed by atoms with Crippen LogP contribution in [-0.4, -0.2) is 8.07 Å². The van der Waals surface area contributed by atoms with E-state index in [-0.39, 0.29) is 0 Å². The highest BCUT2D eigenvalue weighted by atomic mass is 28.3. The third-order valence-corrected chi connectivity index (χ3v) is 11.5. The Hall–Kier alpha value is 0.217. The second kappa shape index (κ2) is 4.16. The first-order valence-corrected chi connectivity index (χ1v) is 8.39. The van der Waals surface area contributed by atoms with E-state index in [4.69, 9.17) is 0 Å². The van der Waals surface area contributed by atoms with Crippen molar-refractivity contribution in [3.8, 4) is 0 Å². The van der Waals surface area contributed by atoms with Crippen LogP contribution in [0.2, 0.25) is 23.2 Å². The van der Waals surface area contributed by atoms with Crippen LogP contribution in [0.15, 0.2) is 0 Å². The van der Waals surface area contributed by atoms with Crippen molar-refractivity contribution in [3.63, 3.8) is 0 Å². The maximum Gasteiger partial charge on any atom is 0.0586 e. The molecule has 13 heavy (non-hydrogen) atoms. The second-order valence-electron chi connectivity index (χ2n) is 6.42. The van der Waals surface area contributed by atoms with Crippen LogP contribution in [0.1, 0.15) is 48.5 Å². The summed E-state index contributed by atoms with van der Waals surface area (Å²) < 4.78 is 0. The molecule has 80 valence electrons. The summed E-state index contributed by atoms with van der Waals surface area (Å²) in [6, 6.07) is 1.47. The first kappa shape index (κ1) is 13.2. The lowest BCUT2D eigenvalue weighted by Crippen LogP contribution is -2.44. The smallest absolute Gasteiger partial charge is 0.0586 e. The Morgan fingerprint density at radius 3 is 1.46 bits per heavy atom. The lowest BCUT2D eigenvalue weighted by atomic mass is 10.2. The van der Waals surface area contributed by atoms with Crippen molar-refractivity contribution in [2.75, 3.05) is 0 Å². The van der Waals surface area contributed by atoms with Gasteiger partial charge in [-0.2, -0.15) is 0 Å². The number of hydrogen-bond donors (Lipinski definition) is 0. The molecule has 0 aliphatic rings. The zero-order valence-corrected chi connectivity index (χ0v) is 11.9. The van der Waals surface area contributed by atoms with Gasteiger partial charge in [-0.3, -0.25) is 0 Å². The molecule has 0 aromatic heterocycles. The maximum atomic E-state index is 2.58. The first-order valence-electron chi connectivity index (χ1n) is 5.61. The minimum atomic E-state index is -1.09. The molecule has 1 atom stereocenters. The summed E-state index contributed by atoms with van der Waals surface area (Å²) in [5.74, 6) is 0.860. The summed E-state index contributed by atoms with van der Waals surface area (Å²) in [5.41, 5.74) is 0.898. The topological polar surface area (TPSA) is 0 Å². The molecule has 0 aliphatic carbocycles. The van der Waals surface area contributed by atoms with Crippen molar-refractivity contribution in [3.05, 3.63) is 0 Å². The molecule has 0 N–H and O–H groups in total. The van der Waals surface area contributed by atoms with E-state index in [1.807, 2.05) is 0 Å². The summed E-state index contributed by atoms with van der Waals surface area (Å²) in [4.78, 5) is 0. The standard InChI is InChI=1S/C12H28Si/c1-10(2)9-13(8,11(3)4)12(5,6)7/h10-11H,9H2,1-8H3/t13-/m1/s1. The van der Waals surface area contributed by atoms with Crippen LogP contribution in [0.5, 0.6) is 0 Å². The largest absolute Gasteiger partial charge is 0.0686 e. The average molecular weight is 200 g/mol. The molecule has 0 radical (unpaired) electrons. The summed E-state index contributed by atoms with van der Waals surface area (Å²) >= 11 is 0. The van der Waals surface area contributed by atoms with Crippen LogP contribution in [0.4, 0.5) is 0 Å². The molecule has 0 saturated carbocycles. The van der Waals surface area contributed by atoms with Crippen molar-refractivity contribution in [1.82, 2.24) is 0 Å². The minimum Gasteiger partial charge on any atom is -0.0686 e. The van der Waals surface area contributed by atoms with Crippen LogP contribution in [0.3, 0.4) is 0 Å². The molecule has 1 heteroatoms. The van der Waals surface area contributed by atoms with Gasteiger partial charge in [0.2, 0.25) is 0 Å². The third-order valence-electron chi connectivity index (χ3n) is 3.82. The second-order valence-corrected chi connectivity index (χ2v) is 12.3. The van der Waals surface area contributed by atoms with E-state index in [1.54, 1.807) is 0 Å². The zero-order chi connectivity index (χ0) is 10.9. The highest BCUT2D eigenvalue weighted by Crippen LogP contribution is 2.47. The Morgan fingerprint density at radius 2 is 1.38 bits per heavy atom. The van der Waals surface area contributed by atoms with Crippen molar-refractivity contribution in [2.24, 2.45) is 5.92 Å². The first-order chi connectivity index (χ1) is 5.61. The van der Waals surface area contributed by atoms with Gasteiger partial charge in [-0.05, 0) is 11.0 Å². The molecule has 0 saturated heterocycles. The fourth-order valence-corrected chi connectivity index (χ4v) is 6.77. The van der Waals surface area contributed by atoms with E-state index in [2.05, 4.69) is 55.0 Å². The summed E-state index contributed by atoms with van der Waals surface area (Å²) in [6.07, 6.45) is 0. The van der Waals surface area contributed by atoms with Crippen LogP contribution < -0.4 is 0 Å². The molecule has 0 heterocycles. The maximum absolute atomic E-state index is 2.58. The van der Waals surface area contributed by atoms with Crippen LogP contribution >= 0.6 is 0 Å². The van der Waals surface area contributed by atoms with Gasteiger partial charge in [-0.15, -0.1) is 0 Å². The van der Waals surface area contributed by atoms with Gasteiger partial charge in [0.25, 0.3) is 0 Å². The van der Waals surface area contributed by atoms with Crippen LogP contribution in [0.25, 0.3) is 0 Å². The van der Waals surface area contributed by atoms with Crippen molar-refractivity contribution in [1.29, 1.82) is 0 Å². The fourth-order valence-electron chi connectivity index (χ4n) is 2.26. The molecule has 0 unspecified atom stereocenters. The Balaban J connectivity index is 4.74. The molecular weight excluding hydrogens is 172 g/mol. The minimum absolute atomic E-state index is 0.547. The van der Waals surface area contributed by atoms with E-state index in [9.17, 15) is 0 Å². The van der Waals surface area contributed by atoms with E-state index in [0.717, 1.165) is 11.5 Å². The molecule has 0 aromatic carbocycles. The van der Waals surface area contributed by atoms with E-state index >= 15 is 0 Å². The SMILES string of the molecule is CC(C)C[Si@](C)(C(C)C)C(C)(C)C. The Bertz CT molecular complexity index is 153. The Kier molecular flexibility index (Phi) is 4.23. The molecule has 0 spiro atoms. The highest BCUT2D eigenvalue weighted by molar-refractivity contribution is 6.82. The zero-order valence-electron chi connectivity index (χ0n) is 10.9. The molecule has 0 rings (SSSR count). The predicted molar refractivity (Wildman–Crippen MR) is 66.1 cm³/mol. The van der Waals surface area contributed by atoms with E-state index in [0.29, 0.717) is 5.04 Å². The monoisotopic (exact) mass is 200 g/mol. The predicted octanol–water partition coefficient (Wildman–Crippen LogP) is 4.93. The summed E-state index contributed by atoms with van der Waals surface area (Å²) in [6.45, 7) is 19.4. The van der Waals surface area contributed by atoms with Gasteiger partial charge >= 0.3 is 0 Å². The quantitative estimate of drug-likeness (QED) is 0.567. The molecule has 0 amide bonds. The molecule has 0 aromatic rings. The van der Waals surface area contributed by atoms with Crippen LogP contribution in [-0.2, 0) is 0 Å². The van der Waals surface area contributed by atoms with Crippen LogP contribution in [0, 0.1) is 5.92 Å². The van der Waals surface area contributed by atoms with E-state index < -0.39 is 8.07 Å². The molecule has 0 nitrogen and oxygen atoms in total. The van der Waals surface area contributed by atoms with Gasteiger partial charge in [-0.1, -0.05) is 66.6 Å². The fraction of sp³-hybridized carbons (Fsp3) is 1.00.